The van der Waals surface area contributed by atoms with Crippen LogP contribution in [0.15, 0.2) is 23.1 Å². The number of hydrogen-bond acceptors (Lipinski definition) is 4. The second kappa shape index (κ2) is 6.94. The van der Waals surface area contributed by atoms with Gasteiger partial charge in [0.25, 0.3) is 0 Å². The minimum Gasteiger partial charge on any atom is -0.477 e. The molecule has 138 valence electrons. The predicted octanol–water partition coefficient (Wildman–Crippen LogP) is 3.49. The van der Waals surface area contributed by atoms with Gasteiger partial charge in [0.1, 0.15) is 5.56 Å². The summed E-state index contributed by atoms with van der Waals surface area (Å²) in [5, 5.41) is 12.7. The van der Waals surface area contributed by atoms with Gasteiger partial charge in [-0.1, -0.05) is 20.8 Å². The molecular formula is C20H25N3O3. The summed E-state index contributed by atoms with van der Waals surface area (Å²) < 4.78 is 1.92. The van der Waals surface area contributed by atoms with Crippen LogP contribution in [-0.4, -0.2) is 27.2 Å². The van der Waals surface area contributed by atoms with Gasteiger partial charge < -0.3 is 15.0 Å². The summed E-state index contributed by atoms with van der Waals surface area (Å²) in [6, 6.07) is 3.63. The van der Waals surface area contributed by atoms with Crippen molar-refractivity contribution in [3.05, 3.63) is 45.4 Å². The molecule has 0 amide bonds. The van der Waals surface area contributed by atoms with Gasteiger partial charge in [0.05, 0.1) is 22.8 Å². The summed E-state index contributed by atoms with van der Waals surface area (Å²) in [4.78, 5) is 28.4. The topological polar surface area (TPSA) is 84.2 Å². The number of carboxylic acids is 1. The third-order valence-corrected chi connectivity index (χ3v) is 4.97. The van der Waals surface area contributed by atoms with E-state index in [0.29, 0.717) is 11.6 Å². The van der Waals surface area contributed by atoms with E-state index in [1.54, 1.807) is 0 Å². The van der Waals surface area contributed by atoms with Crippen LogP contribution in [0.2, 0.25) is 0 Å². The van der Waals surface area contributed by atoms with E-state index in [1.807, 2.05) is 11.5 Å². The van der Waals surface area contributed by atoms with E-state index in [2.05, 4.69) is 32.2 Å². The van der Waals surface area contributed by atoms with Gasteiger partial charge in [-0.2, -0.15) is 0 Å². The second-order valence-corrected chi connectivity index (χ2v) is 7.22. The molecule has 0 unspecified atom stereocenters. The standard InChI is InChI=1S/C20H25N3O3/c1-5-6-21-15-7-13-8-16(11(2)3)23-10-14(20(25)26)18(24)9-17(23)19(13)22-12(15)4/h7,9-11,16,21H,5-6,8H2,1-4H3,(H,25,26)/t16-/m0/s1. The number of anilines is 1. The third kappa shape index (κ3) is 3.11. The van der Waals surface area contributed by atoms with Crippen molar-refractivity contribution >= 4 is 11.7 Å². The zero-order chi connectivity index (χ0) is 19.0. The summed E-state index contributed by atoms with van der Waals surface area (Å²) in [7, 11) is 0. The molecule has 3 heterocycles. The van der Waals surface area contributed by atoms with Crippen molar-refractivity contribution in [2.24, 2.45) is 5.92 Å². The molecule has 0 aliphatic carbocycles. The molecule has 0 bridgehead atoms. The molecule has 1 aliphatic rings. The number of carboxylic acid groups (broad SMARTS) is 1. The van der Waals surface area contributed by atoms with Crippen LogP contribution in [0.3, 0.4) is 0 Å². The molecule has 1 aliphatic heterocycles. The molecule has 3 rings (SSSR count). The van der Waals surface area contributed by atoms with Crippen LogP contribution in [0.4, 0.5) is 5.69 Å². The highest BCUT2D eigenvalue weighted by molar-refractivity contribution is 5.87. The Morgan fingerprint density at radius 3 is 2.77 bits per heavy atom. The number of rotatable bonds is 5. The first kappa shape index (κ1) is 18.2. The Bertz CT molecular complexity index is 915. The average molecular weight is 355 g/mol. The highest BCUT2D eigenvalue weighted by atomic mass is 16.4. The quantitative estimate of drug-likeness (QED) is 0.858. The van der Waals surface area contributed by atoms with Crippen LogP contribution in [0.25, 0.3) is 11.4 Å². The lowest BCUT2D eigenvalue weighted by molar-refractivity contribution is 0.0694. The fourth-order valence-electron chi connectivity index (χ4n) is 3.52. The number of hydrogen-bond donors (Lipinski definition) is 2. The number of aromatic carboxylic acids is 1. The van der Waals surface area contributed by atoms with Gasteiger partial charge in [0.15, 0.2) is 5.43 Å². The van der Waals surface area contributed by atoms with Crippen LogP contribution in [0.5, 0.6) is 0 Å². The maximum Gasteiger partial charge on any atom is 0.341 e. The van der Waals surface area contributed by atoms with Gasteiger partial charge in [0, 0.05) is 24.8 Å². The van der Waals surface area contributed by atoms with Crippen LogP contribution in [-0.2, 0) is 6.42 Å². The Balaban J connectivity index is 2.21. The van der Waals surface area contributed by atoms with Gasteiger partial charge in [-0.15, -0.1) is 0 Å². The van der Waals surface area contributed by atoms with Crippen molar-refractivity contribution < 1.29 is 9.90 Å². The molecular weight excluding hydrogens is 330 g/mol. The SMILES string of the molecule is CCCNc1cc2c(nc1C)-c1cc(=O)c(C(=O)O)cn1[C@H](C(C)C)C2. The van der Waals surface area contributed by atoms with Gasteiger partial charge in [-0.3, -0.25) is 4.79 Å². The van der Waals surface area contributed by atoms with Crippen molar-refractivity contribution in [3.63, 3.8) is 0 Å². The molecule has 0 saturated heterocycles. The Morgan fingerprint density at radius 2 is 2.15 bits per heavy atom. The Morgan fingerprint density at radius 1 is 1.42 bits per heavy atom. The normalized spacial score (nSPS) is 15.5. The van der Waals surface area contributed by atoms with E-state index >= 15 is 0 Å². The predicted molar refractivity (Wildman–Crippen MR) is 102 cm³/mol. The molecule has 2 aromatic heterocycles. The molecule has 0 saturated carbocycles. The van der Waals surface area contributed by atoms with Crippen molar-refractivity contribution in [2.45, 2.75) is 46.6 Å². The van der Waals surface area contributed by atoms with E-state index in [9.17, 15) is 14.7 Å². The zero-order valence-electron chi connectivity index (χ0n) is 15.7. The maximum absolute atomic E-state index is 12.3. The lowest BCUT2D eigenvalue weighted by Crippen LogP contribution is -2.28. The molecule has 0 spiro atoms. The van der Waals surface area contributed by atoms with E-state index in [4.69, 9.17) is 4.98 Å². The number of nitrogens with one attached hydrogen (secondary N) is 1. The summed E-state index contributed by atoms with van der Waals surface area (Å²) >= 11 is 0. The number of aromatic nitrogens is 2. The van der Waals surface area contributed by atoms with Crippen molar-refractivity contribution in [1.29, 1.82) is 0 Å². The van der Waals surface area contributed by atoms with E-state index in [1.165, 1.54) is 12.3 Å². The Kier molecular flexibility index (Phi) is 4.85. The average Bonchev–Trinajstić information content (AvgIpc) is 2.58. The number of fused-ring (bicyclic) bond motifs is 3. The van der Waals surface area contributed by atoms with Crippen molar-refractivity contribution in [3.8, 4) is 11.4 Å². The molecule has 2 N–H and O–H groups in total. The molecule has 6 heteroatoms. The van der Waals surface area contributed by atoms with E-state index in [-0.39, 0.29) is 11.6 Å². The fraction of sp³-hybridized carbons (Fsp3) is 0.450. The molecule has 26 heavy (non-hydrogen) atoms. The first-order valence-corrected chi connectivity index (χ1v) is 9.07. The van der Waals surface area contributed by atoms with Gasteiger partial charge >= 0.3 is 5.97 Å². The number of nitrogens with zero attached hydrogens (tertiary/aromatic N) is 2. The van der Waals surface area contributed by atoms with Gasteiger partial charge in [0.2, 0.25) is 0 Å². The summed E-state index contributed by atoms with van der Waals surface area (Å²) in [6.07, 6.45) is 3.27. The van der Waals surface area contributed by atoms with Crippen LogP contribution in [0, 0.1) is 12.8 Å². The highest BCUT2D eigenvalue weighted by Crippen LogP contribution is 2.37. The molecule has 1 atom stereocenters. The van der Waals surface area contributed by atoms with Gasteiger partial charge in [-0.05, 0) is 37.3 Å². The molecule has 6 nitrogen and oxygen atoms in total. The number of pyridine rings is 2. The number of carbonyl (C=O) groups is 1. The summed E-state index contributed by atoms with van der Waals surface area (Å²) in [6.45, 7) is 9.16. The van der Waals surface area contributed by atoms with Gasteiger partial charge in [-0.25, -0.2) is 9.78 Å². The van der Waals surface area contributed by atoms with Crippen LogP contribution >= 0.6 is 0 Å². The smallest absolute Gasteiger partial charge is 0.341 e. The minimum absolute atomic E-state index is 0.0831. The second-order valence-electron chi connectivity index (χ2n) is 7.22. The fourth-order valence-corrected chi connectivity index (χ4v) is 3.52. The molecule has 2 aromatic rings. The first-order valence-electron chi connectivity index (χ1n) is 9.07. The van der Waals surface area contributed by atoms with Crippen molar-refractivity contribution in [2.75, 3.05) is 11.9 Å². The van der Waals surface area contributed by atoms with Crippen LogP contribution in [0.1, 0.15) is 54.8 Å². The van der Waals surface area contributed by atoms with Crippen molar-refractivity contribution in [1.82, 2.24) is 9.55 Å². The number of aryl methyl sites for hydroxylation is 1. The van der Waals surface area contributed by atoms with E-state index < -0.39 is 11.4 Å². The highest BCUT2D eigenvalue weighted by Gasteiger charge is 2.29. The lowest BCUT2D eigenvalue weighted by atomic mass is 9.89. The molecule has 0 aromatic carbocycles. The first-order chi connectivity index (χ1) is 12.3. The molecule has 0 fully saturated rings. The van der Waals surface area contributed by atoms with E-state index in [0.717, 1.165) is 42.0 Å². The Hall–Kier alpha value is -2.63. The largest absolute Gasteiger partial charge is 0.477 e. The lowest BCUT2D eigenvalue weighted by Gasteiger charge is -2.33. The maximum atomic E-state index is 12.3. The zero-order valence-corrected chi connectivity index (χ0v) is 15.7. The molecule has 0 radical (unpaired) electrons. The monoisotopic (exact) mass is 355 g/mol. The summed E-state index contributed by atoms with van der Waals surface area (Å²) in [5.74, 6) is -0.902. The minimum atomic E-state index is -1.19. The Labute approximate surface area is 152 Å². The summed E-state index contributed by atoms with van der Waals surface area (Å²) in [5.41, 5.74) is 3.79. The van der Waals surface area contributed by atoms with Crippen LogP contribution < -0.4 is 10.7 Å². The third-order valence-electron chi connectivity index (χ3n) is 4.97.